The molecule has 3 N–H and O–H groups in total. The second kappa shape index (κ2) is 7.64. The second-order valence-corrected chi connectivity index (χ2v) is 5.28. The number of halogens is 2. The number of para-hydroxylation sites is 2. The third-order valence-corrected chi connectivity index (χ3v) is 3.05. The molecule has 1 aromatic carbocycles. The van der Waals surface area contributed by atoms with Gasteiger partial charge in [0.25, 0.3) is 0 Å². The number of benzene rings is 1. The first-order valence-electron chi connectivity index (χ1n) is 6.38. The van der Waals surface area contributed by atoms with Gasteiger partial charge < -0.3 is 15.6 Å². The van der Waals surface area contributed by atoms with E-state index >= 15 is 0 Å². The molecular formula is C14H22Cl2N4O. The molecule has 0 saturated heterocycles. The summed E-state index contributed by atoms with van der Waals surface area (Å²) in [4.78, 5) is 16.2. The SMILES string of the molecule is Cc1nc2ccccc2n1CCNC(=O)C(C)(C)N.Cl.Cl. The topological polar surface area (TPSA) is 72.9 Å². The molecular weight excluding hydrogens is 311 g/mol. The predicted molar refractivity (Wildman–Crippen MR) is 90.2 cm³/mol. The molecule has 0 aliphatic heterocycles. The molecule has 2 aromatic rings. The van der Waals surface area contributed by atoms with Crippen LogP contribution in [0.3, 0.4) is 0 Å². The van der Waals surface area contributed by atoms with Gasteiger partial charge in [-0.25, -0.2) is 4.98 Å². The van der Waals surface area contributed by atoms with E-state index in [9.17, 15) is 4.79 Å². The summed E-state index contributed by atoms with van der Waals surface area (Å²) >= 11 is 0. The highest BCUT2D eigenvalue weighted by molar-refractivity contribution is 5.86. The van der Waals surface area contributed by atoms with E-state index in [4.69, 9.17) is 5.73 Å². The Morgan fingerprint density at radius 3 is 2.57 bits per heavy atom. The van der Waals surface area contributed by atoms with Crippen LogP contribution in [-0.4, -0.2) is 27.5 Å². The predicted octanol–water partition coefficient (Wildman–Crippen LogP) is 2.04. The normalized spacial score (nSPS) is 10.7. The maximum absolute atomic E-state index is 11.7. The number of nitrogens with one attached hydrogen (secondary N) is 1. The number of fused-ring (bicyclic) bond motifs is 1. The molecule has 0 bridgehead atoms. The average Bonchev–Trinajstić information content (AvgIpc) is 2.64. The Bertz CT molecular complexity index is 605. The van der Waals surface area contributed by atoms with Gasteiger partial charge in [0.15, 0.2) is 0 Å². The van der Waals surface area contributed by atoms with E-state index in [1.54, 1.807) is 13.8 Å². The van der Waals surface area contributed by atoms with Crippen LogP contribution in [0.15, 0.2) is 24.3 Å². The van der Waals surface area contributed by atoms with Crippen molar-refractivity contribution in [2.45, 2.75) is 32.9 Å². The number of hydrogen-bond donors (Lipinski definition) is 2. The molecule has 0 spiro atoms. The van der Waals surface area contributed by atoms with E-state index in [1.165, 1.54) is 0 Å². The first kappa shape index (κ1) is 19.7. The van der Waals surface area contributed by atoms with Crippen molar-refractivity contribution in [2.75, 3.05) is 6.54 Å². The van der Waals surface area contributed by atoms with E-state index in [2.05, 4.69) is 14.9 Å². The van der Waals surface area contributed by atoms with E-state index in [1.807, 2.05) is 31.2 Å². The molecule has 118 valence electrons. The highest BCUT2D eigenvalue weighted by atomic mass is 35.5. The van der Waals surface area contributed by atoms with Gasteiger partial charge in [-0.3, -0.25) is 4.79 Å². The molecule has 0 atom stereocenters. The number of aromatic nitrogens is 2. The number of amides is 1. The summed E-state index contributed by atoms with van der Waals surface area (Å²) in [5.74, 6) is 0.803. The molecule has 1 heterocycles. The average molecular weight is 333 g/mol. The summed E-state index contributed by atoms with van der Waals surface area (Å²) in [6.45, 7) is 6.59. The molecule has 0 fully saturated rings. The molecule has 0 unspecified atom stereocenters. The lowest BCUT2D eigenvalue weighted by Crippen LogP contribution is -2.49. The fourth-order valence-corrected chi connectivity index (χ4v) is 1.99. The molecule has 0 aliphatic rings. The van der Waals surface area contributed by atoms with E-state index in [0.717, 1.165) is 16.9 Å². The molecule has 7 heteroatoms. The summed E-state index contributed by atoms with van der Waals surface area (Å²) in [5, 5.41) is 2.84. The van der Waals surface area contributed by atoms with Gasteiger partial charge in [0, 0.05) is 13.1 Å². The van der Waals surface area contributed by atoms with Crippen molar-refractivity contribution in [1.82, 2.24) is 14.9 Å². The zero-order valence-corrected chi connectivity index (χ0v) is 14.1. The van der Waals surface area contributed by atoms with E-state index in [-0.39, 0.29) is 30.7 Å². The summed E-state index contributed by atoms with van der Waals surface area (Å²) in [7, 11) is 0. The van der Waals surface area contributed by atoms with Crippen LogP contribution in [-0.2, 0) is 11.3 Å². The molecule has 5 nitrogen and oxygen atoms in total. The van der Waals surface area contributed by atoms with Crippen molar-refractivity contribution in [3.63, 3.8) is 0 Å². The van der Waals surface area contributed by atoms with Gasteiger partial charge >= 0.3 is 0 Å². The van der Waals surface area contributed by atoms with Crippen LogP contribution < -0.4 is 11.1 Å². The first-order chi connectivity index (χ1) is 8.89. The molecule has 2 rings (SSSR count). The quantitative estimate of drug-likeness (QED) is 0.899. The Labute approximate surface area is 137 Å². The van der Waals surface area contributed by atoms with Crippen LogP contribution in [0.25, 0.3) is 11.0 Å². The number of nitrogens with two attached hydrogens (primary N) is 1. The smallest absolute Gasteiger partial charge is 0.239 e. The van der Waals surface area contributed by atoms with E-state index in [0.29, 0.717) is 13.1 Å². The lowest BCUT2D eigenvalue weighted by molar-refractivity contribution is -0.125. The van der Waals surface area contributed by atoms with Gasteiger partial charge in [-0.1, -0.05) is 12.1 Å². The fourth-order valence-electron chi connectivity index (χ4n) is 1.99. The van der Waals surface area contributed by atoms with Crippen LogP contribution in [0, 0.1) is 6.92 Å². The third kappa shape index (κ3) is 4.59. The minimum absolute atomic E-state index is 0. The number of carbonyl (C=O) groups is 1. The molecule has 21 heavy (non-hydrogen) atoms. The van der Waals surface area contributed by atoms with Gasteiger partial charge in [-0.05, 0) is 32.9 Å². The summed E-state index contributed by atoms with van der Waals surface area (Å²) < 4.78 is 2.10. The maximum Gasteiger partial charge on any atom is 0.239 e. The number of nitrogens with zero attached hydrogens (tertiary/aromatic N) is 2. The van der Waals surface area contributed by atoms with Gasteiger partial charge in [-0.15, -0.1) is 24.8 Å². The van der Waals surface area contributed by atoms with Crippen molar-refractivity contribution >= 4 is 41.8 Å². The van der Waals surface area contributed by atoms with Crippen molar-refractivity contribution in [2.24, 2.45) is 5.73 Å². The Kier molecular flexibility index (Phi) is 7.16. The van der Waals surface area contributed by atoms with Gasteiger partial charge in [0.2, 0.25) is 5.91 Å². The maximum atomic E-state index is 11.7. The van der Waals surface area contributed by atoms with Crippen molar-refractivity contribution in [1.29, 1.82) is 0 Å². The highest BCUT2D eigenvalue weighted by Gasteiger charge is 2.21. The molecule has 0 radical (unpaired) electrons. The van der Waals surface area contributed by atoms with Crippen molar-refractivity contribution < 1.29 is 4.79 Å². The fraction of sp³-hybridized carbons (Fsp3) is 0.429. The standard InChI is InChI=1S/C14H20N4O.2ClH/c1-10-17-11-6-4-5-7-12(11)18(10)9-8-16-13(19)14(2,3)15;;/h4-7H,8-9,15H2,1-3H3,(H,16,19);2*1H. The Hall–Kier alpha value is -1.30. The van der Waals surface area contributed by atoms with Crippen LogP contribution in [0.1, 0.15) is 19.7 Å². The summed E-state index contributed by atoms with van der Waals surface area (Å²) in [6, 6.07) is 7.98. The number of rotatable bonds is 4. The lowest BCUT2D eigenvalue weighted by Gasteiger charge is -2.18. The van der Waals surface area contributed by atoms with Crippen molar-refractivity contribution in [3.8, 4) is 0 Å². The molecule has 0 aliphatic carbocycles. The Morgan fingerprint density at radius 2 is 1.95 bits per heavy atom. The van der Waals surface area contributed by atoms with Crippen LogP contribution in [0.2, 0.25) is 0 Å². The highest BCUT2D eigenvalue weighted by Crippen LogP contribution is 2.14. The monoisotopic (exact) mass is 332 g/mol. The lowest BCUT2D eigenvalue weighted by atomic mass is 10.1. The Morgan fingerprint density at radius 1 is 1.33 bits per heavy atom. The minimum atomic E-state index is -0.841. The third-order valence-electron chi connectivity index (χ3n) is 3.05. The van der Waals surface area contributed by atoms with Crippen LogP contribution >= 0.6 is 24.8 Å². The minimum Gasteiger partial charge on any atom is -0.353 e. The summed E-state index contributed by atoms with van der Waals surface area (Å²) in [6.07, 6.45) is 0. The van der Waals surface area contributed by atoms with Crippen LogP contribution in [0.4, 0.5) is 0 Å². The molecule has 1 aromatic heterocycles. The van der Waals surface area contributed by atoms with Gasteiger partial charge in [-0.2, -0.15) is 0 Å². The van der Waals surface area contributed by atoms with Gasteiger partial charge in [0.1, 0.15) is 5.82 Å². The zero-order valence-electron chi connectivity index (χ0n) is 12.4. The number of aryl methyl sites for hydroxylation is 1. The Balaban J connectivity index is 0.00000200. The van der Waals surface area contributed by atoms with Gasteiger partial charge in [0.05, 0.1) is 16.6 Å². The second-order valence-electron chi connectivity index (χ2n) is 5.28. The van der Waals surface area contributed by atoms with E-state index < -0.39 is 5.54 Å². The molecule has 0 saturated carbocycles. The largest absolute Gasteiger partial charge is 0.353 e. The zero-order chi connectivity index (χ0) is 14.0. The summed E-state index contributed by atoms with van der Waals surface area (Å²) in [5.41, 5.74) is 6.95. The number of carbonyl (C=O) groups excluding carboxylic acids is 1. The number of imidazole rings is 1. The van der Waals surface area contributed by atoms with Crippen molar-refractivity contribution in [3.05, 3.63) is 30.1 Å². The number of hydrogen-bond acceptors (Lipinski definition) is 3. The first-order valence-corrected chi connectivity index (χ1v) is 6.38. The van der Waals surface area contributed by atoms with Crippen LogP contribution in [0.5, 0.6) is 0 Å². The molecule has 1 amide bonds.